The maximum absolute atomic E-state index is 11.8. The van der Waals surface area contributed by atoms with Crippen LogP contribution in [-0.4, -0.2) is 28.6 Å². The van der Waals surface area contributed by atoms with Crippen LogP contribution in [0.4, 0.5) is 0 Å². The molecule has 0 radical (unpaired) electrons. The van der Waals surface area contributed by atoms with Gasteiger partial charge in [-0.15, -0.1) is 0 Å². The Morgan fingerprint density at radius 3 is 2.58 bits per heavy atom. The Bertz CT molecular complexity index is 1530. The third-order valence-corrected chi connectivity index (χ3v) is 8.01. The van der Waals surface area contributed by atoms with Crippen molar-refractivity contribution in [3.63, 3.8) is 0 Å². The van der Waals surface area contributed by atoms with E-state index in [1.165, 1.54) is 0 Å². The van der Waals surface area contributed by atoms with E-state index in [0.29, 0.717) is 36.6 Å². The number of aliphatic carboxylic acids is 1. The number of likely N-dealkylation sites (tertiary alicyclic amines) is 1. The van der Waals surface area contributed by atoms with Crippen molar-refractivity contribution in [2.45, 2.75) is 38.6 Å². The van der Waals surface area contributed by atoms with Gasteiger partial charge >= 0.3 is 5.97 Å². The Kier molecular flexibility index (Phi) is 8.80. The summed E-state index contributed by atoms with van der Waals surface area (Å²) in [5.41, 5.74) is 5.58. The average molecular weight is 598 g/mol. The molecule has 6 nitrogen and oxygen atoms in total. The molecule has 202 valence electrons. The van der Waals surface area contributed by atoms with Gasteiger partial charge in [0.15, 0.2) is 0 Å². The normalized spacial score (nSPS) is 14.9. The van der Waals surface area contributed by atoms with Crippen LogP contribution in [0, 0.1) is 11.3 Å². The molecule has 1 saturated heterocycles. The molecule has 1 aliphatic rings. The van der Waals surface area contributed by atoms with Gasteiger partial charge in [-0.2, -0.15) is 5.26 Å². The molecule has 40 heavy (non-hydrogen) atoms. The fourth-order valence-electron chi connectivity index (χ4n) is 4.99. The molecule has 0 aromatic heterocycles. The smallest absolute Gasteiger partial charge is 0.320 e. The van der Waals surface area contributed by atoms with Crippen molar-refractivity contribution in [2.75, 3.05) is 6.54 Å². The number of rotatable bonds is 10. The van der Waals surface area contributed by atoms with Crippen molar-refractivity contribution in [1.82, 2.24) is 4.90 Å². The lowest BCUT2D eigenvalue weighted by molar-refractivity contribution is -0.142. The molecule has 5 rings (SSSR count). The number of carboxylic acid groups (broad SMARTS) is 1. The minimum absolute atomic E-state index is 0.277. The summed E-state index contributed by atoms with van der Waals surface area (Å²) in [6.45, 7) is 1.83. The standard InChI is InChI=1S/C33H29BrN2O4/c34-32-27(11-5-12-29(32)25-9-2-1-3-10-25)22-39-28-15-14-26(20-36-16-6-13-30(36)33(37)38)31(18-28)40-21-24-8-4-7-23(17-24)19-35/h1-5,7-12,14-15,17-18,30H,6,13,16,20-22H2,(H,37,38). The second-order valence-electron chi connectivity index (χ2n) is 9.77. The molecular weight excluding hydrogens is 568 g/mol. The fraction of sp³-hybridized carbons (Fsp3) is 0.212. The Balaban J connectivity index is 1.36. The molecule has 1 aliphatic heterocycles. The van der Waals surface area contributed by atoms with Crippen molar-refractivity contribution >= 4 is 21.9 Å². The first-order valence-electron chi connectivity index (χ1n) is 13.2. The van der Waals surface area contributed by atoms with Crippen LogP contribution in [0.15, 0.2) is 95.5 Å². The SMILES string of the molecule is N#Cc1cccc(COc2cc(OCc3cccc(-c4ccccc4)c3Br)ccc2CN2CCCC2C(=O)O)c1. The molecule has 1 atom stereocenters. The zero-order valence-electron chi connectivity index (χ0n) is 21.9. The predicted molar refractivity (Wildman–Crippen MR) is 157 cm³/mol. The van der Waals surface area contributed by atoms with E-state index in [4.69, 9.17) is 9.47 Å². The van der Waals surface area contributed by atoms with Crippen molar-refractivity contribution in [3.8, 4) is 28.7 Å². The number of benzene rings is 4. The van der Waals surface area contributed by atoms with Crippen molar-refractivity contribution in [1.29, 1.82) is 5.26 Å². The molecule has 0 amide bonds. The number of nitriles is 1. The summed E-state index contributed by atoms with van der Waals surface area (Å²) in [6.07, 6.45) is 1.50. The summed E-state index contributed by atoms with van der Waals surface area (Å²) in [6, 6.07) is 31.0. The number of hydrogen-bond acceptors (Lipinski definition) is 5. The third kappa shape index (κ3) is 6.53. The molecular formula is C33H29BrN2O4. The Morgan fingerprint density at radius 2 is 1.77 bits per heavy atom. The lowest BCUT2D eigenvalue weighted by Crippen LogP contribution is -2.35. The van der Waals surface area contributed by atoms with Gasteiger partial charge in [0.25, 0.3) is 0 Å². The van der Waals surface area contributed by atoms with E-state index >= 15 is 0 Å². The first-order chi connectivity index (χ1) is 19.5. The average Bonchev–Trinajstić information content (AvgIpc) is 3.45. The van der Waals surface area contributed by atoms with Crippen LogP contribution in [0.5, 0.6) is 11.5 Å². The molecule has 7 heteroatoms. The summed E-state index contributed by atoms with van der Waals surface area (Å²) >= 11 is 3.77. The van der Waals surface area contributed by atoms with Gasteiger partial charge in [0.2, 0.25) is 0 Å². The van der Waals surface area contributed by atoms with Crippen molar-refractivity contribution in [2.24, 2.45) is 0 Å². The molecule has 1 fully saturated rings. The molecule has 4 aromatic carbocycles. The van der Waals surface area contributed by atoms with Crippen LogP contribution >= 0.6 is 15.9 Å². The summed E-state index contributed by atoms with van der Waals surface area (Å²) in [7, 11) is 0. The van der Waals surface area contributed by atoms with Gasteiger partial charge in [0, 0.05) is 28.2 Å². The molecule has 0 aliphatic carbocycles. The van der Waals surface area contributed by atoms with Crippen LogP contribution in [-0.2, 0) is 24.6 Å². The first kappa shape index (κ1) is 27.4. The summed E-state index contributed by atoms with van der Waals surface area (Å²) in [5, 5.41) is 18.9. The Hall–Kier alpha value is -4.12. The second kappa shape index (κ2) is 12.8. The van der Waals surface area contributed by atoms with Gasteiger partial charge in [-0.25, -0.2) is 0 Å². The molecule has 4 aromatic rings. The number of halogens is 1. The van der Waals surface area contributed by atoms with Crippen molar-refractivity contribution < 1.29 is 19.4 Å². The molecule has 1 heterocycles. The van der Waals surface area contributed by atoms with Gasteiger partial charge in [0.05, 0.1) is 11.6 Å². The number of carbonyl (C=O) groups is 1. The molecule has 0 spiro atoms. The van der Waals surface area contributed by atoms with Crippen LogP contribution < -0.4 is 9.47 Å². The number of ether oxygens (including phenoxy) is 2. The van der Waals surface area contributed by atoms with Crippen LogP contribution in [0.1, 0.15) is 35.1 Å². The van der Waals surface area contributed by atoms with Gasteiger partial charge in [-0.05, 0) is 70.2 Å². The predicted octanol–water partition coefficient (Wildman–Crippen LogP) is 7.19. The monoisotopic (exact) mass is 596 g/mol. The lowest BCUT2D eigenvalue weighted by atomic mass is 10.0. The maximum Gasteiger partial charge on any atom is 0.320 e. The molecule has 0 saturated carbocycles. The Labute approximate surface area is 242 Å². The van der Waals surface area contributed by atoms with E-state index in [1.54, 1.807) is 12.1 Å². The fourth-order valence-corrected chi connectivity index (χ4v) is 5.60. The highest BCUT2D eigenvalue weighted by Crippen LogP contribution is 2.33. The van der Waals surface area contributed by atoms with Gasteiger partial charge in [-0.3, -0.25) is 9.69 Å². The highest BCUT2D eigenvalue weighted by Gasteiger charge is 2.31. The van der Waals surface area contributed by atoms with E-state index in [2.05, 4.69) is 40.2 Å². The number of hydrogen-bond donors (Lipinski definition) is 1. The maximum atomic E-state index is 11.8. The highest BCUT2D eigenvalue weighted by atomic mass is 79.9. The van der Waals surface area contributed by atoms with Gasteiger partial charge < -0.3 is 14.6 Å². The third-order valence-electron chi connectivity index (χ3n) is 7.07. The zero-order valence-corrected chi connectivity index (χ0v) is 23.5. The topological polar surface area (TPSA) is 82.8 Å². The zero-order chi connectivity index (χ0) is 27.9. The minimum atomic E-state index is -0.795. The largest absolute Gasteiger partial charge is 0.489 e. The van der Waals surface area contributed by atoms with Crippen LogP contribution in [0.2, 0.25) is 0 Å². The molecule has 1 unspecified atom stereocenters. The Morgan fingerprint density at radius 1 is 0.950 bits per heavy atom. The minimum Gasteiger partial charge on any atom is -0.489 e. The van der Waals surface area contributed by atoms with E-state index < -0.39 is 12.0 Å². The van der Waals surface area contributed by atoms with Gasteiger partial charge in [-0.1, -0.05) is 66.7 Å². The van der Waals surface area contributed by atoms with Crippen LogP contribution in [0.25, 0.3) is 11.1 Å². The summed E-state index contributed by atoms with van der Waals surface area (Å²) in [4.78, 5) is 13.7. The van der Waals surface area contributed by atoms with E-state index in [-0.39, 0.29) is 6.61 Å². The molecule has 1 N–H and O–H groups in total. The first-order valence-corrected chi connectivity index (χ1v) is 14.0. The highest BCUT2D eigenvalue weighted by molar-refractivity contribution is 9.10. The van der Waals surface area contributed by atoms with E-state index in [0.717, 1.165) is 45.3 Å². The summed E-state index contributed by atoms with van der Waals surface area (Å²) in [5.74, 6) is 0.488. The van der Waals surface area contributed by atoms with E-state index in [9.17, 15) is 15.2 Å². The quantitative estimate of drug-likeness (QED) is 0.208. The van der Waals surface area contributed by atoms with Crippen molar-refractivity contribution in [3.05, 3.63) is 118 Å². The number of nitrogens with zero attached hydrogens (tertiary/aromatic N) is 2. The van der Waals surface area contributed by atoms with Crippen LogP contribution in [0.3, 0.4) is 0 Å². The summed E-state index contributed by atoms with van der Waals surface area (Å²) < 4.78 is 13.5. The van der Waals surface area contributed by atoms with E-state index in [1.807, 2.05) is 65.6 Å². The second-order valence-corrected chi connectivity index (χ2v) is 10.6. The molecule has 0 bridgehead atoms. The van der Waals surface area contributed by atoms with Gasteiger partial charge in [0.1, 0.15) is 30.8 Å². The number of carboxylic acids is 1. The lowest BCUT2D eigenvalue weighted by Gasteiger charge is -2.23.